The fourth-order valence-corrected chi connectivity index (χ4v) is 4.64. The Balaban J connectivity index is 2.16. The van der Waals surface area contributed by atoms with Gasteiger partial charge in [0.1, 0.15) is 0 Å². The molecule has 236 valence electrons. The van der Waals surface area contributed by atoms with Crippen molar-refractivity contribution in [2.75, 3.05) is 0 Å². The Hall–Kier alpha value is -4.37. The lowest BCUT2D eigenvalue weighted by Gasteiger charge is -2.23. The molecule has 0 aliphatic rings. The van der Waals surface area contributed by atoms with Crippen LogP contribution in [0.3, 0.4) is 0 Å². The van der Waals surface area contributed by atoms with E-state index in [1.54, 1.807) is 30.3 Å². The lowest BCUT2D eigenvalue weighted by Crippen LogP contribution is -2.52. The normalized spacial score (nSPS) is 11.8. The third-order valence-electron chi connectivity index (χ3n) is 6.75. The topological polar surface area (TPSA) is 0 Å². The van der Waals surface area contributed by atoms with E-state index in [0.29, 0.717) is 11.6 Å². The maximum Gasteiger partial charge on any atom is 0.257 e. The SMILES string of the molecule is Fc1c(F)c(F)c(B(/C(=C/CCCc2ccccc2)c2c(F)c(F)c(F)c(F)c2F)c2c(F)c(F)c(F)c(F)c2F)c(F)c1F. The van der Waals surface area contributed by atoms with Crippen LogP contribution >= 0.6 is 0 Å². The highest BCUT2D eigenvalue weighted by molar-refractivity contribution is 6.99. The van der Waals surface area contributed by atoms with Crippen molar-refractivity contribution in [3.8, 4) is 0 Å². The van der Waals surface area contributed by atoms with E-state index >= 15 is 26.3 Å². The van der Waals surface area contributed by atoms with Crippen LogP contribution in [-0.2, 0) is 6.42 Å². The lowest BCUT2D eigenvalue weighted by molar-refractivity contribution is 0.376. The Morgan fingerprint density at radius 2 is 0.778 bits per heavy atom. The van der Waals surface area contributed by atoms with Gasteiger partial charge < -0.3 is 0 Å². The minimum atomic E-state index is -3.58. The van der Waals surface area contributed by atoms with Gasteiger partial charge in [-0.1, -0.05) is 41.9 Å². The molecule has 0 aliphatic heterocycles. The lowest BCUT2D eigenvalue weighted by atomic mass is 9.34. The number of allylic oxidation sites excluding steroid dienone is 1. The molecule has 0 spiro atoms. The highest BCUT2D eigenvalue weighted by Crippen LogP contribution is 2.33. The molecule has 4 aromatic carbocycles. The van der Waals surface area contributed by atoms with Gasteiger partial charge in [0.25, 0.3) is 6.71 Å². The Morgan fingerprint density at radius 1 is 0.444 bits per heavy atom. The first-order valence-electron chi connectivity index (χ1n) is 12.4. The van der Waals surface area contributed by atoms with Crippen molar-refractivity contribution in [3.63, 3.8) is 0 Å². The molecule has 0 nitrogen and oxygen atoms in total. The second kappa shape index (κ2) is 12.9. The van der Waals surface area contributed by atoms with Crippen LogP contribution in [0.15, 0.2) is 36.4 Å². The molecule has 0 saturated heterocycles. The van der Waals surface area contributed by atoms with Gasteiger partial charge in [-0.3, -0.25) is 0 Å². The summed E-state index contributed by atoms with van der Waals surface area (Å²) in [5.41, 5.74) is -8.24. The summed E-state index contributed by atoms with van der Waals surface area (Å²) in [6, 6.07) is 7.91. The van der Waals surface area contributed by atoms with Crippen LogP contribution in [0.25, 0.3) is 5.47 Å². The third kappa shape index (κ3) is 5.77. The summed E-state index contributed by atoms with van der Waals surface area (Å²) >= 11 is 0. The van der Waals surface area contributed by atoms with Crippen molar-refractivity contribution in [1.82, 2.24) is 0 Å². The first kappa shape index (κ1) is 33.5. The fourth-order valence-electron chi connectivity index (χ4n) is 4.64. The summed E-state index contributed by atoms with van der Waals surface area (Å²) in [6.07, 6.45) is -0.367. The van der Waals surface area contributed by atoms with Gasteiger partial charge in [0.05, 0.1) is 0 Å². The van der Waals surface area contributed by atoms with Crippen molar-refractivity contribution in [1.29, 1.82) is 0 Å². The molecule has 16 heteroatoms. The van der Waals surface area contributed by atoms with Crippen molar-refractivity contribution < 1.29 is 65.9 Å². The smallest absolute Gasteiger partial charge is 0.204 e. The number of unbranched alkanes of at least 4 members (excludes halogenated alkanes) is 1. The van der Waals surface area contributed by atoms with Crippen LogP contribution in [0.1, 0.15) is 24.0 Å². The van der Waals surface area contributed by atoms with E-state index in [0.717, 1.165) is 0 Å². The average molecular weight is 656 g/mol. The van der Waals surface area contributed by atoms with Crippen molar-refractivity contribution >= 4 is 23.1 Å². The minimum absolute atomic E-state index is 0.0669. The Labute approximate surface area is 243 Å². The zero-order chi connectivity index (χ0) is 33.5. The van der Waals surface area contributed by atoms with E-state index < -0.39 is 122 Å². The van der Waals surface area contributed by atoms with Crippen molar-refractivity contribution in [2.45, 2.75) is 19.3 Å². The van der Waals surface area contributed by atoms with Gasteiger partial charge in [-0.25, -0.2) is 65.9 Å². The molecule has 4 rings (SSSR count). The molecule has 0 amide bonds. The molecule has 0 aliphatic carbocycles. The number of hydrogen-bond donors (Lipinski definition) is 0. The molecule has 0 unspecified atom stereocenters. The van der Waals surface area contributed by atoms with Crippen LogP contribution < -0.4 is 10.9 Å². The molecule has 0 atom stereocenters. The van der Waals surface area contributed by atoms with Gasteiger partial charge in [0.2, 0.25) is 5.82 Å². The summed E-state index contributed by atoms with van der Waals surface area (Å²) in [7, 11) is 0. The van der Waals surface area contributed by atoms with Crippen molar-refractivity contribution in [3.05, 3.63) is 135 Å². The van der Waals surface area contributed by atoms with Crippen LogP contribution in [0.4, 0.5) is 65.9 Å². The Bertz CT molecular complexity index is 1680. The summed E-state index contributed by atoms with van der Waals surface area (Å²) in [6.45, 7) is -3.58. The van der Waals surface area contributed by atoms with E-state index in [1.807, 2.05) is 0 Å². The molecule has 0 saturated carbocycles. The number of benzene rings is 4. The van der Waals surface area contributed by atoms with E-state index in [4.69, 9.17) is 0 Å². The second-order valence-electron chi connectivity index (χ2n) is 9.38. The largest absolute Gasteiger partial charge is 0.257 e. The fraction of sp³-hybridized carbons (Fsp3) is 0.103. The molecular weight excluding hydrogens is 644 g/mol. The summed E-state index contributed by atoms with van der Waals surface area (Å²) in [4.78, 5) is 0. The van der Waals surface area contributed by atoms with Crippen LogP contribution in [-0.4, -0.2) is 6.71 Å². The van der Waals surface area contributed by atoms with Gasteiger partial charge in [0.15, 0.2) is 81.4 Å². The molecule has 0 radical (unpaired) electrons. The predicted molar refractivity (Wildman–Crippen MR) is 131 cm³/mol. The van der Waals surface area contributed by atoms with Crippen molar-refractivity contribution in [2.24, 2.45) is 0 Å². The molecule has 0 aromatic heterocycles. The Morgan fingerprint density at radius 3 is 1.16 bits per heavy atom. The molecule has 0 fully saturated rings. The highest BCUT2D eigenvalue weighted by Gasteiger charge is 2.44. The first-order valence-corrected chi connectivity index (χ1v) is 12.4. The average Bonchev–Trinajstić information content (AvgIpc) is 3.03. The standard InChI is InChI=1S/C29H12BF15/c31-15-12(16(32)22(38)27(43)21(15)37)11(9-5-4-8-10-6-2-1-3-7-10)30(13-17(33)23(39)28(44)24(40)18(13)34)14-19(35)25(41)29(45)26(42)20(14)36/h1-3,6-7,9H,4-5,8H2/b11-9+. The molecular formula is C29H12BF15. The quantitative estimate of drug-likeness (QED) is 0.0593. The first-order chi connectivity index (χ1) is 21.1. The van der Waals surface area contributed by atoms with Gasteiger partial charge in [0, 0.05) is 16.5 Å². The monoisotopic (exact) mass is 656 g/mol. The Kier molecular flexibility index (Phi) is 9.64. The van der Waals surface area contributed by atoms with Gasteiger partial charge >= 0.3 is 0 Å². The van der Waals surface area contributed by atoms with Gasteiger partial charge in [-0.15, -0.1) is 0 Å². The molecule has 0 N–H and O–H groups in total. The maximum atomic E-state index is 15.1. The zero-order valence-corrected chi connectivity index (χ0v) is 21.8. The molecule has 0 bridgehead atoms. The summed E-state index contributed by atoms with van der Waals surface area (Å²) in [5, 5.41) is 0. The molecule has 45 heavy (non-hydrogen) atoms. The zero-order valence-electron chi connectivity index (χ0n) is 21.8. The van der Waals surface area contributed by atoms with Crippen LogP contribution in [0.2, 0.25) is 0 Å². The number of halogens is 15. The highest BCUT2D eigenvalue weighted by atomic mass is 19.2. The van der Waals surface area contributed by atoms with E-state index in [2.05, 4.69) is 0 Å². The third-order valence-corrected chi connectivity index (χ3v) is 6.75. The number of rotatable bonds is 8. The number of hydrogen-bond acceptors (Lipinski definition) is 0. The molecule has 0 heterocycles. The van der Waals surface area contributed by atoms with Crippen LogP contribution in [0, 0.1) is 87.3 Å². The van der Waals surface area contributed by atoms with Crippen LogP contribution in [0.5, 0.6) is 0 Å². The second-order valence-corrected chi connectivity index (χ2v) is 9.38. The van der Waals surface area contributed by atoms with Gasteiger partial charge in [-0.05, 0) is 24.8 Å². The van der Waals surface area contributed by atoms with E-state index in [-0.39, 0.29) is 12.8 Å². The van der Waals surface area contributed by atoms with E-state index in [9.17, 15) is 39.5 Å². The maximum absolute atomic E-state index is 15.1. The number of aryl methyl sites for hydroxylation is 1. The van der Waals surface area contributed by atoms with E-state index in [1.165, 1.54) is 0 Å². The predicted octanol–water partition coefficient (Wildman–Crippen LogP) is 8.03. The molecule has 4 aromatic rings. The minimum Gasteiger partial charge on any atom is -0.204 e. The summed E-state index contributed by atoms with van der Waals surface area (Å²) < 4.78 is 218. The van der Waals surface area contributed by atoms with Gasteiger partial charge in [-0.2, -0.15) is 0 Å². The summed E-state index contributed by atoms with van der Waals surface area (Å²) in [5.74, 6) is -42.9.